The summed E-state index contributed by atoms with van der Waals surface area (Å²) in [6, 6.07) is 13.2. The van der Waals surface area contributed by atoms with E-state index in [4.69, 9.17) is 10.8 Å². The van der Waals surface area contributed by atoms with Crippen LogP contribution >= 0.6 is 15.9 Å². The number of aliphatic carboxylic acids is 1. The van der Waals surface area contributed by atoms with E-state index in [0.717, 1.165) is 15.6 Å². The number of hydrogen-bond donors (Lipinski definition) is 2. The highest BCUT2D eigenvalue weighted by atomic mass is 79.9. The smallest absolute Gasteiger partial charge is 0.307 e. The fraction of sp³-hybridized carbons (Fsp3) is 0.0714. The first-order chi connectivity index (χ1) is 8.59. The van der Waals surface area contributed by atoms with E-state index in [1.54, 1.807) is 6.07 Å². The third-order valence-electron chi connectivity index (χ3n) is 2.70. The largest absolute Gasteiger partial charge is 0.481 e. The Labute approximate surface area is 113 Å². The molecule has 0 radical (unpaired) electrons. The Morgan fingerprint density at radius 2 is 1.78 bits per heavy atom. The molecule has 0 aliphatic carbocycles. The van der Waals surface area contributed by atoms with Crippen LogP contribution in [0.1, 0.15) is 5.56 Å². The fourth-order valence-electron chi connectivity index (χ4n) is 1.84. The molecule has 3 N–H and O–H groups in total. The molecule has 2 rings (SSSR count). The Bertz CT molecular complexity index is 596. The van der Waals surface area contributed by atoms with Crippen LogP contribution in [0, 0.1) is 0 Å². The molecule has 0 aliphatic heterocycles. The van der Waals surface area contributed by atoms with Crippen LogP contribution < -0.4 is 5.73 Å². The van der Waals surface area contributed by atoms with Crippen molar-refractivity contribution in [3.63, 3.8) is 0 Å². The number of rotatable bonds is 3. The maximum atomic E-state index is 10.8. The number of carboxylic acid groups (broad SMARTS) is 1. The van der Waals surface area contributed by atoms with Gasteiger partial charge in [-0.15, -0.1) is 0 Å². The number of halogens is 1. The summed E-state index contributed by atoms with van der Waals surface area (Å²) in [7, 11) is 0. The quantitative estimate of drug-likeness (QED) is 0.855. The average Bonchev–Trinajstić information content (AvgIpc) is 2.32. The predicted molar refractivity (Wildman–Crippen MR) is 75.3 cm³/mol. The van der Waals surface area contributed by atoms with Gasteiger partial charge >= 0.3 is 5.97 Å². The van der Waals surface area contributed by atoms with Gasteiger partial charge in [0.05, 0.1) is 6.42 Å². The van der Waals surface area contributed by atoms with Crippen molar-refractivity contribution < 1.29 is 9.90 Å². The predicted octanol–water partition coefficient (Wildman–Crippen LogP) is 3.33. The molecule has 0 aromatic heterocycles. The third-order valence-corrected chi connectivity index (χ3v) is 3.39. The van der Waals surface area contributed by atoms with Crippen LogP contribution in [0.2, 0.25) is 0 Å². The normalized spacial score (nSPS) is 10.3. The first-order valence-electron chi connectivity index (χ1n) is 5.43. The first-order valence-corrected chi connectivity index (χ1v) is 6.23. The molecule has 0 spiro atoms. The summed E-state index contributed by atoms with van der Waals surface area (Å²) < 4.78 is 0.934. The number of nitrogens with two attached hydrogens (primary N) is 1. The molecule has 0 unspecified atom stereocenters. The Balaban J connectivity index is 2.53. The van der Waals surface area contributed by atoms with Gasteiger partial charge in [-0.05, 0) is 17.2 Å². The molecule has 18 heavy (non-hydrogen) atoms. The van der Waals surface area contributed by atoms with Crippen LogP contribution in [-0.2, 0) is 11.2 Å². The van der Waals surface area contributed by atoms with Gasteiger partial charge < -0.3 is 10.8 Å². The number of nitrogen functional groups attached to an aromatic ring is 1. The van der Waals surface area contributed by atoms with Crippen molar-refractivity contribution in [1.82, 2.24) is 0 Å². The summed E-state index contributed by atoms with van der Waals surface area (Å²) in [5.74, 6) is -0.883. The lowest BCUT2D eigenvalue weighted by molar-refractivity contribution is -0.136. The summed E-state index contributed by atoms with van der Waals surface area (Å²) in [6.45, 7) is 0. The topological polar surface area (TPSA) is 63.3 Å². The average molecular weight is 306 g/mol. The van der Waals surface area contributed by atoms with Crippen molar-refractivity contribution in [2.24, 2.45) is 0 Å². The lowest BCUT2D eigenvalue weighted by Crippen LogP contribution is -2.04. The Morgan fingerprint density at radius 1 is 1.11 bits per heavy atom. The van der Waals surface area contributed by atoms with Crippen molar-refractivity contribution in [2.45, 2.75) is 6.42 Å². The Kier molecular flexibility index (Phi) is 3.67. The van der Waals surface area contributed by atoms with E-state index in [1.165, 1.54) is 0 Å². The summed E-state index contributed by atoms with van der Waals surface area (Å²) in [6.07, 6.45) is -0.0654. The van der Waals surface area contributed by atoms with Gasteiger partial charge in [0.25, 0.3) is 0 Å². The molecule has 0 aliphatic rings. The molecule has 2 aromatic rings. The molecular formula is C14H12BrNO2. The first kappa shape index (κ1) is 12.6. The molecule has 0 saturated heterocycles. The molecule has 0 bridgehead atoms. The SMILES string of the molecule is Nc1c(CC(=O)O)cccc1-c1ccccc1Br. The minimum atomic E-state index is -0.883. The number of benzene rings is 2. The van der Waals surface area contributed by atoms with Crippen molar-refractivity contribution in [2.75, 3.05) is 5.73 Å². The molecule has 0 heterocycles. The second kappa shape index (κ2) is 5.23. The van der Waals surface area contributed by atoms with Crippen LogP contribution in [0.5, 0.6) is 0 Å². The molecule has 3 nitrogen and oxygen atoms in total. The molecule has 2 aromatic carbocycles. The molecule has 92 valence electrons. The second-order valence-corrected chi connectivity index (χ2v) is 4.78. The van der Waals surface area contributed by atoms with Crippen molar-refractivity contribution in [3.8, 4) is 11.1 Å². The van der Waals surface area contributed by atoms with Gasteiger partial charge in [0, 0.05) is 15.7 Å². The van der Waals surface area contributed by atoms with Crippen molar-refractivity contribution >= 4 is 27.6 Å². The summed E-state index contributed by atoms with van der Waals surface area (Å²) >= 11 is 3.47. The highest BCUT2D eigenvalue weighted by molar-refractivity contribution is 9.10. The monoisotopic (exact) mass is 305 g/mol. The number of carboxylic acids is 1. The van der Waals surface area contributed by atoms with Gasteiger partial charge in [-0.25, -0.2) is 0 Å². The molecular weight excluding hydrogens is 294 g/mol. The minimum absolute atomic E-state index is 0.0654. The van der Waals surface area contributed by atoms with E-state index in [1.807, 2.05) is 36.4 Å². The van der Waals surface area contributed by atoms with E-state index in [9.17, 15) is 4.79 Å². The van der Waals surface area contributed by atoms with Gasteiger partial charge in [-0.2, -0.15) is 0 Å². The van der Waals surface area contributed by atoms with Gasteiger partial charge in [0.15, 0.2) is 0 Å². The van der Waals surface area contributed by atoms with Crippen molar-refractivity contribution in [1.29, 1.82) is 0 Å². The number of anilines is 1. The fourth-order valence-corrected chi connectivity index (χ4v) is 2.34. The lowest BCUT2D eigenvalue weighted by atomic mass is 9.99. The van der Waals surface area contributed by atoms with Crippen LogP contribution in [0.4, 0.5) is 5.69 Å². The Hall–Kier alpha value is -1.81. The number of hydrogen-bond acceptors (Lipinski definition) is 2. The maximum absolute atomic E-state index is 10.8. The molecule has 0 amide bonds. The lowest BCUT2D eigenvalue weighted by Gasteiger charge is -2.11. The second-order valence-electron chi connectivity index (χ2n) is 3.93. The van der Waals surface area contributed by atoms with Crippen LogP contribution in [-0.4, -0.2) is 11.1 Å². The van der Waals surface area contributed by atoms with E-state index >= 15 is 0 Å². The van der Waals surface area contributed by atoms with Crippen LogP contribution in [0.25, 0.3) is 11.1 Å². The molecule has 0 fully saturated rings. The maximum Gasteiger partial charge on any atom is 0.307 e. The van der Waals surface area contributed by atoms with E-state index < -0.39 is 5.97 Å². The van der Waals surface area contributed by atoms with Crippen LogP contribution in [0.3, 0.4) is 0 Å². The van der Waals surface area contributed by atoms with Gasteiger partial charge in [-0.1, -0.05) is 52.3 Å². The van der Waals surface area contributed by atoms with Crippen molar-refractivity contribution in [3.05, 3.63) is 52.5 Å². The van der Waals surface area contributed by atoms with E-state index in [-0.39, 0.29) is 6.42 Å². The Morgan fingerprint density at radius 3 is 2.44 bits per heavy atom. The zero-order valence-electron chi connectivity index (χ0n) is 9.56. The van der Waals surface area contributed by atoms with E-state index in [2.05, 4.69) is 15.9 Å². The number of carbonyl (C=O) groups is 1. The third kappa shape index (κ3) is 2.54. The van der Waals surface area contributed by atoms with Crippen LogP contribution in [0.15, 0.2) is 46.9 Å². The zero-order chi connectivity index (χ0) is 13.1. The highest BCUT2D eigenvalue weighted by Crippen LogP contribution is 2.33. The highest BCUT2D eigenvalue weighted by Gasteiger charge is 2.11. The molecule has 0 atom stereocenters. The summed E-state index contributed by atoms with van der Waals surface area (Å²) in [5, 5.41) is 8.84. The van der Waals surface area contributed by atoms with E-state index in [0.29, 0.717) is 11.3 Å². The molecule has 4 heteroatoms. The van der Waals surface area contributed by atoms with Gasteiger partial charge in [0.1, 0.15) is 0 Å². The zero-order valence-corrected chi connectivity index (χ0v) is 11.1. The number of para-hydroxylation sites is 1. The minimum Gasteiger partial charge on any atom is -0.481 e. The summed E-state index contributed by atoms with van der Waals surface area (Å²) in [5.41, 5.74) is 9.01. The van der Waals surface area contributed by atoms with Gasteiger partial charge in [0.2, 0.25) is 0 Å². The molecule has 0 saturated carbocycles. The summed E-state index contributed by atoms with van der Waals surface area (Å²) in [4.78, 5) is 10.8. The van der Waals surface area contributed by atoms with Gasteiger partial charge in [-0.3, -0.25) is 4.79 Å². The standard InChI is InChI=1S/C14H12BrNO2/c15-12-7-2-1-5-10(12)11-6-3-4-9(14(11)16)8-13(17)18/h1-7H,8,16H2,(H,17,18).